The van der Waals surface area contributed by atoms with E-state index in [1.807, 2.05) is 0 Å². The van der Waals surface area contributed by atoms with Gasteiger partial charge in [0.05, 0.1) is 24.8 Å². The van der Waals surface area contributed by atoms with E-state index >= 15 is 0 Å². The second kappa shape index (κ2) is 5.64. The molecule has 2 saturated heterocycles. The zero-order valence-corrected chi connectivity index (χ0v) is 13.2. The zero-order chi connectivity index (χ0) is 14.2. The predicted molar refractivity (Wildman–Crippen MR) is 78.9 cm³/mol. The third kappa shape index (κ3) is 2.72. The molecule has 1 aromatic rings. The first-order valence-corrected chi connectivity index (χ1v) is 7.79. The number of piperidine rings is 1. The lowest BCUT2D eigenvalue weighted by Crippen LogP contribution is -2.51. The van der Waals surface area contributed by atoms with Crippen LogP contribution in [-0.4, -0.2) is 42.9 Å². The van der Waals surface area contributed by atoms with Crippen LogP contribution in [0.25, 0.3) is 0 Å². The molecular weight excluding hydrogens is 346 g/mol. The highest BCUT2D eigenvalue weighted by Gasteiger charge is 2.42. The summed E-state index contributed by atoms with van der Waals surface area (Å²) in [5.74, 6) is -0.599. The van der Waals surface area contributed by atoms with Gasteiger partial charge in [0.2, 0.25) is 0 Å². The molecule has 4 nitrogen and oxygen atoms in total. The van der Waals surface area contributed by atoms with E-state index in [9.17, 15) is 4.79 Å². The van der Waals surface area contributed by atoms with Gasteiger partial charge < -0.3 is 14.4 Å². The van der Waals surface area contributed by atoms with Gasteiger partial charge in [-0.1, -0.05) is 11.6 Å². The van der Waals surface area contributed by atoms with Crippen LogP contribution >= 0.6 is 27.5 Å². The van der Waals surface area contributed by atoms with Gasteiger partial charge in [-0.15, -0.1) is 0 Å². The molecule has 2 aliphatic heterocycles. The van der Waals surface area contributed by atoms with Gasteiger partial charge in [0.15, 0.2) is 5.79 Å². The van der Waals surface area contributed by atoms with Crippen LogP contribution in [0.2, 0.25) is 5.02 Å². The monoisotopic (exact) mass is 359 g/mol. The van der Waals surface area contributed by atoms with E-state index in [2.05, 4.69) is 15.9 Å². The molecule has 0 saturated carbocycles. The summed E-state index contributed by atoms with van der Waals surface area (Å²) >= 11 is 9.30. The van der Waals surface area contributed by atoms with Crippen LogP contribution < -0.4 is 0 Å². The summed E-state index contributed by atoms with van der Waals surface area (Å²) in [7, 11) is 0. The van der Waals surface area contributed by atoms with Crippen LogP contribution in [0.4, 0.5) is 0 Å². The lowest BCUT2D eigenvalue weighted by molar-refractivity contribution is -0.183. The average Bonchev–Trinajstić information content (AvgIpc) is 2.89. The Morgan fingerprint density at radius 3 is 2.80 bits per heavy atom. The van der Waals surface area contributed by atoms with Crippen LogP contribution in [0.1, 0.15) is 23.2 Å². The second-order valence-corrected chi connectivity index (χ2v) is 6.33. The topological polar surface area (TPSA) is 38.8 Å². The van der Waals surface area contributed by atoms with E-state index in [-0.39, 0.29) is 5.91 Å². The number of amides is 1. The number of benzene rings is 1. The minimum Gasteiger partial charge on any atom is -0.346 e. The highest BCUT2D eigenvalue weighted by molar-refractivity contribution is 9.10. The Labute approximate surface area is 131 Å². The molecule has 3 rings (SSSR count). The van der Waals surface area contributed by atoms with Crippen LogP contribution in [0, 0.1) is 0 Å². The van der Waals surface area contributed by atoms with Crippen molar-refractivity contribution in [3.05, 3.63) is 33.3 Å². The molecule has 2 heterocycles. The van der Waals surface area contributed by atoms with Gasteiger partial charge in [-0.2, -0.15) is 0 Å². The van der Waals surface area contributed by atoms with E-state index in [4.69, 9.17) is 21.1 Å². The van der Waals surface area contributed by atoms with Crippen LogP contribution in [0.3, 0.4) is 0 Å². The molecule has 6 heteroatoms. The number of rotatable bonds is 1. The van der Waals surface area contributed by atoms with Crippen molar-refractivity contribution in [3.63, 3.8) is 0 Å². The maximum absolute atomic E-state index is 12.6. The van der Waals surface area contributed by atoms with Gasteiger partial charge in [0.25, 0.3) is 5.91 Å². The van der Waals surface area contributed by atoms with Gasteiger partial charge in [0.1, 0.15) is 0 Å². The maximum atomic E-state index is 12.6. The van der Waals surface area contributed by atoms with Crippen molar-refractivity contribution in [2.45, 2.75) is 18.6 Å². The van der Waals surface area contributed by atoms with Crippen LogP contribution in [0.15, 0.2) is 22.7 Å². The Morgan fingerprint density at radius 2 is 2.10 bits per heavy atom. The number of carbonyl (C=O) groups excluding carboxylic acids is 1. The number of likely N-dealkylation sites (tertiary alicyclic amines) is 1. The minimum atomic E-state index is -0.586. The molecule has 1 amide bonds. The van der Waals surface area contributed by atoms with Gasteiger partial charge in [-0.25, -0.2) is 0 Å². The van der Waals surface area contributed by atoms with Gasteiger partial charge in [-0.3, -0.25) is 4.79 Å². The van der Waals surface area contributed by atoms with Crippen molar-refractivity contribution in [1.82, 2.24) is 4.90 Å². The lowest BCUT2D eigenvalue weighted by Gasteiger charge is -2.38. The first-order valence-electron chi connectivity index (χ1n) is 6.62. The second-order valence-electron chi connectivity index (χ2n) is 5.07. The van der Waals surface area contributed by atoms with Crippen molar-refractivity contribution >= 4 is 33.4 Å². The SMILES string of the molecule is O=C(c1ccc(Cl)c(Br)c1)N1CCCC2(C1)OCCO2. The third-order valence-electron chi connectivity index (χ3n) is 3.68. The number of halogens is 2. The summed E-state index contributed by atoms with van der Waals surface area (Å²) in [5, 5.41) is 0.596. The van der Waals surface area contributed by atoms with E-state index in [0.29, 0.717) is 30.3 Å². The number of carbonyl (C=O) groups is 1. The highest BCUT2D eigenvalue weighted by atomic mass is 79.9. The molecule has 0 radical (unpaired) electrons. The van der Waals surface area contributed by atoms with E-state index in [1.54, 1.807) is 23.1 Å². The van der Waals surface area contributed by atoms with Crippen molar-refractivity contribution in [3.8, 4) is 0 Å². The van der Waals surface area contributed by atoms with Gasteiger partial charge >= 0.3 is 0 Å². The molecule has 108 valence electrons. The first-order chi connectivity index (χ1) is 9.60. The molecule has 0 aliphatic carbocycles. The van der Waals surface area contributed by atoms with E-state index in [1.165, 1.54) is 0 Å². The number of hydrogen-bond acceptors (Lipinski definition) is 3. The fourth-order valence-corrected chi connectivity index (χ4v) is 3.20. The fraction of sp³-hybridized carbons (Fsp3) is 0.500. The molecule has 0 N–H and O–H groups in total. The Balaban J connectivity index is 1.77. The first kappa shape index (κ1) is 14.3. The van der Waals surface area contributed by atoms with Crippen molar-refractivity contribution < 1.29 is 14.3 Å². The molecule has 1 aromatic carbocycles. The standard InChI is InChI=1S/C14H15BrClNO3/c15-11-8-10(2-3-12(11)16)13(18)17-5-1-4-14(9-17)19-6-7-20-14/h2-3,8H,1,4-7,9H2. The Kier molecular flexibility index (Phi) is 4.04. The maximum Gasteiger partial charge on any atom is 0.254 e. The third-order valence-corrected chi connectivity index (χ3v) is 4.90. The normalized spacial score (nSPS) is 21.4. The zero-order valence-electron chi connectivity index (χ0n) is 10.9. The summed E-state index contributed by atoms with van der Waals surface area (Å²) in [6.07, 6.45) is 1.74. The molecule has 0 unspecified atom stereocenters. The molecular formula is C14H15BrClNO3. The highest BCUT2D eigenvalue weighted by Crippen LogP contribution is 2.31. The Bertz CT molecular complexity index is 531. The quantitative estimate of drug-likeness (QED) is 0.772. The van der Waals surface area contributed by atoms with Crippen LogP contribution in [0.5, 0.6) is 0 Å². The summed E-state index contributed by atoms with van der Waals surface area (Å²) in [4.78, 5) is 14.4. The summed E-state index contributed by atoms with van der Waals surface area (Å²) in [6.45, 7) is 2.43. The number of hydrogen-bond donors (Lipinski definition) is 0. The number of ether oxygens (including phenoxy) is 2. The van der Waals surface area contributed by atoms with Crippen molar-refractivity contribution in [1.29, 1.82) is 0 Å². The summed E-state index contributed by atoms with van der Waals surface area (Å²) < 4.78 is 12.1. The largest absolute Gasteiger partial charge is 0.346 e. The fourth-order valence-electron chi connectivity index (χ4n) is 2.71. The summed E-state index contributed by atoms with van der Waals surface area (Å²) in [5.41, 5.74) is 0.622. The molecule has 1 spiro atoms. The molecule has 0 aromatic heterocycles. The molecule has 2 aliphatic rings. The molecule has 0 bridgehead atoms. The van der Waals surface area contributed by atoms with E-state index in [0.717, 1.165) is 23.9 Å². The Hall–Kier alpha value is -0.620. The lowest BCUT2D eigenvalue weighted by atomic mass is 10.0. The van der Waals surface area contributed by atoms with Crippen molar-refractivity contribution in [2.24, 2.45) is 0 Å². The smallest absolute Gasteiger partial charge is 0.254 e. The molecule has 20 heavy (non-hydrogen) atoms. The van der Waals surface area contributed by atoms with Crippen molar-refractivity contribution in [2.75, 3.05) is 26.3 Å². The molecule has 2 fully saturated rings. The summed E-state index contributed by atoms with van der Waals surface area (Å²) in [6, 6.07) is 5.22. The van der Waals surface area contributed by atoms with Gasteiger partial charge in [0, 0.05) is 23.0 Å². The minimum absolute atomic E-state index is 0.0134. The molecule has 0 atom stereocenters. The average molecular weight is 361 g/mol. The predicted octanol–water partition coefficient (Wildman–Crippen LogP) is 3.08. The van der Waals surface area contributed by atoms with E-state index < -0.39 is 5.79 Å². The van der Waals surface area contributed by atoms with Gasteiger partial charge in [-0.05, 0) is 40.5 Å². The number of nitrogens with zero attached hydrogens (tertiary/aromatic N) is 1. The Morgan fingerprint density at radius 1 is 1.35 bits per heavy atom. The van der Waals surface area contributed by atoms with Crippen LogP contribution in [-0.2, 0) is 9.47 Å².